The van der Waals surface area contributed by atoms with Crippen LogP contribution in [0.2, 0.25) is 0 Å². The molecule has 3 heterocycles. The van der Waals surface area contributed by atoms with Gasteiger partial charge in [-0.3, -0.25) is 4.79 Å². The number of fused-ring (bicyclic) bond motifs is 2. The molecule has 2 aromatic carbocycles. The molecule has 3 aromatic rings. The Morgan fingerprint density at radius 1 is 1.04 bits per heavy atom. The fourth-order valence-corrected chi connectivity index (χ4v) is 4.25. The number of hydrogen-bond acceptors (Lipinski definition) is 3. The number of anilines is 1. The predicted octanol–water partition coefficient (Wildman–Crippen LogP) is 3.75. The lowest BCUT2D eigenvalue weighted by Crippen LogP contribution is -2.35. The quantitative estimate of drug-likeness (QED) is 0.686. The monoisotopic (exact) mass is 331 g/mol. The lowest BCUT2D eigenvalue weighted by molar-refractivity contribution is 0.0992. The molecule has 0 N–H and O–H groups in total. The van der Waals surface area contributed by atoms with Gasteiger partial charge in [0.1, 0.15) is 0 Å². The van der Waals surface area contributed by atoms with Crippen molar-refractivity contribution >= 4 is 33.4 Å². The van der Waals surface area contributed by atoms with Crippen molar-refractivity contribution in [3.8, 4) is 0 Å². The van der Waals surface area contributed by atoms with E-state index in [0.29, 0.717) is 0 Å². The highest BCUT2D eigenvalue weighted by Crippen LogP contribution is 2.40. The molecule has 0 spiro atoms. The highest BCUT2D eigenvalue weighted by atomic mass is 16.2. The van der Waals surface area contributed by atoms with Crippen LogP contribution in [0.1, 0.15) is 28.8 Å². The van der Waals surface area contributed by atoms with Crippen molar-refractivity contribution in [2.24, 2.45) is 0 Å². The number of aryl methyl sites for hydroxylation is 1. The summed E-state index contributed by atoms with van der Waals surface area (Å²) in [5, 5.41) is 2.00. The third kappa shape index (κ3) is 2.24. The van der Waals surface area contributed by atoms with Crippen LogP contribution in [0.25, 0.3) is 21.8 Å². The number of aromatic nitrogens is 1. The van der Waals surface area contributed by atoms with Gasteiger partial charge in [0.2, 0.25) is 0 Å². The van der Waals surface area contributed by atoms with Gasteiger partial charge in [-0.2, -0.15) is 0 Å². The number of benzene rings is 2. The van der Waals surface area contributed by atoms with Gasteiger partial charge in [0, 0.05) is 23.9 Å². The molecule has 1 saturated heterocycles. The summed E-state index contributed by atoms with van der Waals surface area (Å²) in [5.41, 5.74) is 4.83. The summed E-state index contributed by atoms with van der Waals surface area (Å²) >= 11 is 0. The van der Waals surface area contributed by atoms with Gasteiger partial charge in [-0.05, 0) is 57.1 Å². The summed E-state index contributed by atoms with van der Waals surface area (Å²) in [4.78, 5) is 22.5. The maximum Gasteiger partial charge on any atom is 0.259 e. The fraction of sp³-hybridized carbons (Fsp3) is 0.333. The van der Waals surface area contributed by atoms with Crippen molar-refractivity contribution in [3.63, 3.8) is 0 Å². The maximum absolute atomic E-state index is 13.3. The molecule has 4 nitrogen and oxygen atoms in total. The van der Waals surface area contributed by atoms with Crippen molar-refractivity contribution in [1.29, 1.82) is 0 Å². The van der Waals surface area contributed by atoms with E-state index in [2.05, 4.69) is 30.0 Å². The summed E-state index contributed by atoms with van der Waals surface area (Å²) in [5.74, 6) is 0.128. The standard InChI is InChI=1S/C21H21N3O/c1-14-7-8-16-15(13-14)19-20-17(22-16)5-4-6-18(20)24(21(19)25)12-11-23-9-2-3-10-23/h4-8,13H,2-3,9-12H2,1H3. The van der Waals surface area contributed by atoms with Crippen molar-refractivity contribution < 1.29 is 4.79 Å². The molecular formula is C21H21N3O. The minimum absolute atomic E-state index is 0.128. The molecule has 0 atom stereocenters. The van der Waals surface area contributed by atoms with Crippen LogP contribution >= 0.6 is 0 Å². The number of rotatable bonds is 3. The summed E-state index contributed by atoms with van der Waals surface area (Å²) < 4.78 is 0. The van der Waals surface area contributed by atoms with Crippen LogP contribution in [0.4, 0.5) is 5.69 Å². The van der Waals surface area contributed by atoms with Crippen molar-refractivity contribution in [1.82, 2.24) is 9.88 Å². The third-order valence-electron chi connectivity index (χ3n) is 5.52. The van der Waals surface area contributed by atoms with Gasteiger partial charge < -0.3 is 9.80 Å². The number of carbonyl (C=O) groups is 1. The molecule has 0 aliphatic carbocycles. The Bertz CT molecular complexity index is 1000. The van der Waals surface area contributed by atoms with Gasteiger partial charge in [0.05, 0.1) is 22.3 Å². The van der Waals surface area contributed by atoms with Crippen LogP contribution < -0.4 is 4.90 Å². The molecule has 126 valence electrons. The molecule has 5 rings (SSSR count). The topological polar surface area (TPSA) is 36.4 Å². The summed E-state index contributed by atoms with van der Waals surface area (Å²) in [7, 11) is 0. The van der Waals surface area contributed by atoms with Crippen LogP contribution in [-0.4, -0.2) is 42.0 Å². The van der Waals surface area contributed by atoms with E-state index >= 15 is 0 Å². The molecule has 2 aliphatic rings. The van der Waals surface area contributed by atoms with Crippen LogP contribution in [0.3, 0.4) is 0 Å². The average Bonchev–Trinajstić information content (AvgIpc) is 3.22. The van der Waals surface area contributed by atoms with Crippen LogP contribution in [0.15, 0.2) is 36.4 Å². The molecule has 4 heteroatoms. The number of pyridine rings is 1. The molecule has 2 aliphatic heterocycles. The summed E-state index contributed by atoms with van der Waals surface area (Å²) in [6.07, 6.45) is 2.55. The Labute approximate surface area is 147 Å². The van der Waals surface area contributed by atoms with E-state index in [9.17, 15) is 4.79 Å². The largest absolute Gasteiger partial charge is 0.306 e. The van der Waals surface area contributed by atoms with E-state index in [0.717, 1.165) is 64.8 Å². The average molecular weight is 331 g/mol. The molecule has 0 bridgehead atoms. The highest BCUT2D eigenvalue weighted by molar-refractivity contribution is 6.30. The first-order chi connectivity index (χ1) is 12.2. The summed E-state index contributed by atoms with van der Waals surface area (Å²) in [6, 6.07) is 12.3. The van der Waals surface area contributed by atoms with Crippen LogP contribution in [-0.2, 0) is 0 Å². The first-order valence-corrected chi connectivity index (χ1v) is 9.10. The lowest BCUT2D eigenvalue weighted by Gasteiger charge is -2.22. The van der Waals surface area contributed by atoms with Gasteiger partial charge in [0.25, 0.3) is 5.91 Å². The van der Waals surface area contributed by atoms with E-state index in [1.165, 1.54) is 12.8 Å². The minimum Gasteiger partial charge on any atom is -0.306 e. The second kappa shape index (κ2) is 5.53. The van der Waals surface area contributed by atoms with E-state index in [1.54, 1.807) is 0 Å². The minimum atomic E-state index is 0.128. The zero-order valence-corrected chi connectivity index (χ0v) is 14.5. The van der Waals surface area contributed by atoms with Crippen molar-refractivity contribution in [2.45, 2.75) is 19.8 Å². The molecule has 0 radical (unpaired) electrons. The number of hydrogen-bond donors (Lipinski definition) is 0. The third-order valence-corrected chi connectivity index (χ3v) is 5.52. The molecular weight excluding hydrogens is 310 g/mol. The number of likely N-dealkylation sites (tertiary alicyclic amines) is 1. The van der Waals surface area contributed by atoms with Crippen molar-refractivity contribution in [3.05, 3.63) is 47.5 Å². The SMILES string of the molecule is Cc1ccc2nc3cccc4c3c(c2c1)C(=O)N4CCN1CCCC1. The van der Waals surface area contributed by atoms with Gasteiger partial charge in [-0.1, -0.05) is 17.7 Å². The van der Waals surface area contributed by atoms with Gasteiger partial charge in [-0.15, -0.1) is 0 Å². The molecule has 0 saturated carbocycles. The number of amides is 1. The predicted molar refractivity (Wildman–Crippen MR) is 101 cm³/mol. The Hall–Kier alpha value is -2.46. The Balaban J connectivity index is 1.64. The van der Waals surface area contributed by atoms with E-state index < -0.39 is 0 Å². The van der Waals surface area contributed by atoms with Crippen molar-refractivity contribution in [2.75, 3.05) is 31.1 Å². The normalized spacial score (nSPS) is 17.3. The van der Waals surface area contributed by atoms with E-state index in [4.69, 9.17) is 4.98 Å². The Kier molecular flexibility index (Phi) is 3.28. The fourth-order valence-electron chi connectivity index (χ4n) is 4.25. The maximum atomic E-state index is 13.3. The van der Waals surface area contributed by atoms with E-state index in [-0.39, 0.29) is 5.91 Å². The van der Waals surface area contributed by atoms with Gasteiger partial charge in [0.15, 0.2) is 0 Å². The Morgan fingerprint density at radius 2 is 1.88 bits per heavy atom. The first-order valence-electron chi connectivity index (χ1n) is 9.10. The van der Waals surface area contributed by atoms with Crippen LogP contribution in [0.5, 0.6) is 0 Å². The zero-order valence-electron chi connectivity index (χ0n) is 14.5. The highest BCUT2D eigenvalue weighted by Gasteiger charge is 2.32. The molecule has 1 aromatic heterocycles. The number of nitrogens with zero attached hydrogens (tertiary/aromatic N) is 3. The number of carbonyl (C=O) groups excluding carboxylic acids is 1. The first kappa shape index (κ1) is 14.8. The summed E-state index contributed by atoms with van der Waals surface area (Å²) in [6.45, 7) is 6.07. The molecule has 1 fully saturated rings. The lowest BCUT2D eigenvalue weighted by atomic mass is 10.0. The second-order valence-electron chi connectivity index (χ2n) is 7.18. The molecule has 1 amide bonds. The molecule has 0 unspecified atom stereocenters. The Morgan fingerprint density at radius 3 is 2.72 bits per heavy atom. The second-order valence-corrected chi connectivity index (χ2v) is 7.18. The van der Waals surface area contributed by atoms with E-state index in [1.807, 2.05) is 23.1 Å². The van der Waals surface area contributed by atoms with Gasteiger partial charge in [-0.25, -0.2) is 4.98 Å². The smallest absolute Gasteiger partial charge is 0.259 e. The van der Waals surface area contributed by atoms with Crippen LogP contribution in [0, 0.1) is 6.92 Å². The molecule has 25 heavy (non-hydrogen) atoms. The zero-order chi connectivity index (χ0) is 17.0. The van der Waals surface area contributed by atoms with Gasteiger partial charge >= 0.3 is 0 Å².